The SMILES string of the molecule is [2H]c1c([2H])c([2H])c(-c2ccc3sc4cccc(-n5c6c([2H])c([2H])c([2H])c([2H])c6c6c([2H])c([2H])c(-n7c8c([2H])c([2H])c([2H])c([2H])c8c8c([2H])c([2H])c([2H])c([2H])c87)c([2H])c65)c4c3c2)c([2H])c1[2H]. The zero-order valence-electron chi connectivity index (χ0n) is 42.8. The van der Waals surface area contributed by atoms with Gasteiger partial charge in [0.2, 0.25) is 0 Å². The smallest absolute Gasteiger partial charge is 0.0667 e. The van der Waals surface area contributed by atoms with E-state index in [0.717, 1.165) is 4.57 Å². The number of benzene rings is 7. The molecule has 0 spiro atoms. The van der Waals surface area contributed by atoms with Crippen LogP contribution in [0.1, 0.15) is 27.4 Å². The lowest BCUT2D eigenvalue weighted by atomic mass is 10.0. The van der Waals surface area contributed by atoms with Gasteiger partial charge in [-0.1, -0.05) is 103 Å². The van der Waals surface area contributed by atoms with Gasteiger partial charge in [0.1, 0.15) is 0 Å². The van der Waals surface area contributed by atoms with Crippen LogP contribution in [0.3, 0.4) is 0 Å². The van der Waals surface area contributed by atoms with Crippen molar-refractivity contribution in [3.63, 3.8) is 0 Å². The molecular weight excluding hydrogens is 565 g/mol. The molecule has 0 aliphatic rings. The number of para-hydroxylation sites is 3. The predicted molar refractivity (Wildman–Crippen MR) is 193 cm³/mol. The lowest BCUT2D eigenvalue weighted by molar-refractivity contribution is 1.16. The summed E-state index contributed by atoms with van der Waals surface area (Å²) >= 11 is 1.32. The molecule has 0 radical (unpaired) electrons. The molecule has 2 nitrogen and oxygen atoms in total. The third-order valence-electron chi connectivity index (χ3n) is 7.90. The van der Waals surface area contributed by atoms with Gasteiger partial charge in [0.05, 0.1) is 55.2 Å². The minimum Gasteiger partial charge on any atom is -0.309 e. The average Bonchev–Trinajstić information content (AvgIpc) is 3.97. The molecule has 7 aromatic carbocycles. The minimum absolute atomic E-state index is 0.0669. The zero-order valence-corrected chi connectivity index (χ0v) is 23.6. The molecule has 0 saturated carbocycles. The van der Waals surface area contributed by atoms with E-state index in [1.54, 1.807) is 36.4 Å². The number of thiophene rings is 1. The molecule has 10 rings (SSSR count). The van der Waals surface area contributed by atoms with E-state index >= 15 is 0 Å². The number of rotatable bonds is 3. The third kappa shape index (κ3) is 3.56. The van der Waals surface area contributed by atoms with Gasteiger partial charge in [-0.2, -0.15) is 0 Å². The lowest BCUT2D eigenvalue weighted by Gasteiger charge is -2.13. The van der Waals surface area contributed by atoms with Gasteiger partial charge in [-0.05, 0) is 65.6 Å². The minimum atomic E-state index is -0.755. The van der Waals surface area contributed by atoms with Crippen LogP contribution in [-0.2, 0) is 0 Å². The van der Waals surface area contributed by atoms with Crippen LogP contribution in [0.15, 0.2) is 157 Å². The van der Waals surface area contributed by atoms with Gasteiger partial charge in [-0.3, -0.25) is 0 Å². The van der Waals surface area contributed by atoms with Crippen LogP contribution < -0.4 is 0 Å². The van der Waals surface area contributed by atoms with E-state index in [1.165, 1.54) is 15.9 Å². The number of aromatic nitrogens is 2. The number of hydrogen-bond donors (Lipinski definition) is 0. The van der Waals surface area contributed by atoms with Crippen LogP contribution in [0.5, 0.6) is 0 Å². The normalized spacial score (nSPS) is 18.2. The van der Waals surface area contributed by atoms with E-state index in [9.17, 15) is 5.48 Å². The van der Waals surface area contributed by atoms with Gasteiger partial charge in [-0.15, -0.1) is 11.3 Å². The monoisotopic (exact) mass is 610 g/mol. The Morgan fingerprint density at radius 1 is 0.467 bits per heavy atom. The fraction of sp³-hybridized carbons (Fsp3) is 0. The van der Waals surface area contributed by atoms with E-state index in [0.29, 0.717) is 20.2 Å². The van der Waals surface area contributed by atoms with Crippen molar-refractivity contribution in [1.82, 2.24) is 9.13 Å². The molecule has 0 aliphatic carbocycles. The first kappa shape index (κ1) is 12.4. The van der Waals surface area contributed by atoms with Crippen molar-refractivity contribution in [3.05, 3.63) is 157 Å². The van der Waals surface area contributed by atoms with Crippen molar-refractivity contribution >= 4 is 75.1 Å². The first-order chi connectivity index (χ1) is 30.6. The van der Waals surface area contributed by atoms with Crippen molar-refractivity contribution < 1.29 is 27.4 Å². The Hall–Kier alpha value is -5.64. The van der Waals surface area contributed by atoms with Gasteiger partial charge in [0, 0.05) is 47.4 Å². The van der Waals surface area contributed by atoms with E-state index in [4.69, 9.17) is 21.9 Å². The Morgan fingerprint density at radius 3 is 1.80 bits per heavy atom. The lowest BCUT2D eigenvalue weighted by Crippen LogP contribution is -1.97. The average molecular weight is 611 g/mol. The number of hydrogen-bond acceptors (Lipinski definition) is 1. The van der Waals surface area contributed by atoms with Gasteiger partial charge in [-0.25, -0.2) is 0 Å². The van der Waals surface area contributed by atoms with Gasteiger partial charge >= 0.3 is 0 Å². The molecule has 0 amide bonds. The molecule has 0 unspecified atom stereocenters. The topological polar surface area (TPSA) is 9.86 Å². The molecule has 3 heteroatoms. The van der Waals surface area contributed by atoms with Crippen molar-refractivity contribution in [2.24, 2.45) is 0 Å². The van der Waals surface area contributed by atoms with Crippen LogP contribution in [-0.4, -0.2) is 9.13 Å². The molecule has 10 aromatic rings. The Labute approximate surface area is 291 Å². The zero-order chi connectivity index (χ0) is 46.9. The fourth-order valence-electron chi connectivity index (χ4n) is 6.04. The Kier molecular flexibility index (Phi) is 2.60. The Balaban J connectivity index is 1.44. The third-order valence-corrected chi connectivity index (χ3v) is 9.04. The van der Waals surface area contributed by atoms with Crippen molar-refractivity contribution in [1.29, 1.82) is 0 Å². The first-order valence-corrected chi connectivity index (χ1v) is 14.5. The van der Waals surface area contributed by atoms with Crippen LogP contribution in [0.2, 0.25) is 0 Å². The molecule has 0 N–H and O–H groups in total. The predicted octanol–water partition coefficient (Wildman–Crippen LogP) is 11.9. The van der Waals surface area contributed by atoms with Gasteiger partial charge in [0.25, 0.3) is 0 Å². The van der Waals surface area contributed by atoms with Crippen molar-refractivity contribution in [3.8, 4) is 22.5 Å². The highest BCUT2D eigenvalue weighted by Gasteiger charge is 2.19. The fourth-order valence-corrected chi connectivity index (χ4v) is 7.15. The van der Waals surface area contributed by atoms with Crippen LogP contribution in [0, 0.1) is 0 Å². The first-order valence-electron chi connectivity index (χ1n) is 23.7. The van der Waals surface area contributed by atoms with Crippen LogP contribution in [0.25, 0.3) is 86.3 Å². The summed E-state index contributed by atoms with van der Waals surface area (Å²) in [4.78, 5) is 0. The molecule has 0 aliphatic heterocycles. The largest absolute Gasteiger partial charge is 0.309 e. The molecule has 0 bridgehead atoms. The standard InChI is InChI=1S/C42H26N2S/c1-2-11-27(12-3-1)28-21-24-40-34(25-28)42-38(19-10-20-41(42)45-40)44-37-18-9-6-15-32(37)33-23-22-29(26-39(33)44)43-35-16-7-4-13-30(35)31-14-5-8-17-36(31)43/h1-26H/i1D,2D,3D,4D,5D,6D,7D,8D,9D,11D,12D,13D,14D,15D,16D,17D,18D,22D,23D,26D. The summed E-state index contributed by atoms with van der Waals surface area (Å²) in [6.07, 6.45) is 0. The molecule has 0 saturated heterocycles. The maximum atomic E-state index is 10.1. The summed E-state index contributed by atoms with van der Waals surface area (Å²) in [5.41, 5.74) is -1.37. The summed E-state index contributed by atoms with van der Waals surface area (Å²) in [6, 6.07) is -2.67. The second-order valence-electron chi connectivity index (χ2n) is 10.3. The van der Waals surface area contributed by atoms with Crippen LogP contribution in [0.4, 0.5) is 0 Å². The number of fused-ring (bicyclic) bond motifs is 9. The highest BCUT2D eigenvalue weighted by Crippen LogP contribution is 2.43. The van der Waals surface area contributed by atoms with Crippen molar-refractivity contribution in [2.75, 3.05) is 0 Å². The summed E-state index contributed by atoms with van der Waals surface area (Å²) in [6.45, 7) is 0. The molecular formula is C42H26N2S. The summed E-state index contributed by atoms with van der Waals surface area (Å²) in [5.74, 6) is 0. The highest BCUT2D eigenvalue weighted by atomic mass is 32.1. The Morgan fingerprint density at radius 2 is 1.09 bits per heavy atom. The molecule has 0 atom stereocenters. The van der Waals surface area contributed by atoms with E-state index in [2.05, 4.69) is 0 Å². The molecule has 3 heterocycles. The molecule has 3 aromatic heterocycles. The van der Waals surface area contributed by atoms with E-state index < -0.39 is 138 Å². The molecule has 0 fully saturated rings. The Bertz CT molecular complexity index is 3800. The maximum Gasteiger partial charge on any atom is 0.0667 e. The highest BCUT2D eigenvalue weighted by molar-refractivity contribution is 7.25. The van der Waals surface area contributed by atoms with E-state index in [1.807, 2.05) is 0 Å². The second kappa shape index (κ2) is 9.43. The summed E-state index contributed by atoms with van der Waals surface area (Å²) in [7, 11) is 0. The van der Waals surface area contributed by atoms with Gasteiger partial charge < -0.3 is 9.13 Å². The molecule has 210 valence electrons. The summed E-state index contributed by atoms with van der Waals surface area (Å²) in [5, 5.41) is -0.180. The second-order valence-corrected chi connectivity index (χ2v) is 11.3. The molecule has 45 heavy (non-hydrogen) atoms. The van der Waals surface area contributed by atoms with Crippen LogP contribution >= 0.6 is 11.3 Å². The maximum absolute atomic E-state index is 10.1. The number of nitrogens with zero attached hydrogens (tertiary/aromatic N) is 2. The summed E-state index contributed by atoms with van der Waals surface area (Å²) < 4.78 is 181. The van der Waals surface area contributed by atoms with E-state index in [-0.39, 0.29) is 49.4 Å². The van der Waals surface area contributed by atoms with Gasteiger partial charge in [0.15, 0.2) is 0 Å². The quantitative estimate of drug-likeness (QED) is 0.188. The van der Waals surface area contributed by atoms with Crippen molar-refractivity contribution in [2.45, 2.75) is 0 Å².